The summed E-state index contributed by atoms with van der Waals surface area (Å²) in [6.45, 7) is 3.04. The average molecular weight is 422 g/mol. The van der Waals surface area contributed by atoms with Gasteiger partial charge in [0.25, 0.3) is 0 Å². The lowest BCUT2D eigenvalue weighted by Gasteiger charge is -2.28. The minimum atomic E-state index is -2.44. The van der Waals surface area contributed by atoms with E-state index in [1.165, 1.54) is 44.1 Å². The molecule has 5 heteroatoms. The van der Waals surface area contributed by atoms with Gasteiger partial charge >= 0.3 is 6.00 Å². The van der Waals surface area contributed by atoms with Crippen LogP contribution in [0.5, 0.6) is 5.75 Å². The van der Waals surface area contributed by atoms with Gasteiger partial charge in [0.05, 0.1) is 6.61 Å². The van der Waals surface area contributed by atoms with Crippen LogP contribution in [0.3, 0.4) is 0 Å². The quantitative estimate of drug-likeness (QED) is 0.211. The molecule has 1 aliphatic carbocycles. The van der Waals surface area contributed by atoms with E-state index in [4.69, 9.17) is 38.0 Å². The predicted molar refractivity (Wildman–Crippen MR) is 114 cm³/mol. The second-order valence-corrected chi connectivity index (χ2v) is 16.6. The lowest BCUT2D eigenvalue weighted by Crippen LogP contribution is -2.13. The van der Waals surface area contributed by atoms with E-state index in [-0.39, 0.29) is 0 Å². The summed E-state index contributed by atoms with van der Waals surface area (Å²) >= 11 is 17.6. The van der Waals surface area contributed by atoms with Gasteiger partial charge in [-0.25, -0.2) is 0 Å². The first-order valence-electron chi connectivity index (χ1n) is 9.77. The Morgan fingerprint density at radius 2 is 1.64 bits per heavy atom. The Balaban J connectivity index is 1.65. The van der Waals surface area contributed by atoms with E-state index in [9.17, 15) is 0 Å². The molecule has 0 saturated heterocycles. The van der Waals surface area contributed by atoms with Crippen LogP contribution in [0, 0.1) is 5.92 Å². The number of rotatable bonds is 10. The van der Waals surface area contributed by atoms with Gasteiger partial charge in [-0.1, -0.05) is 44.7 Å². The molecule has 0 atom stereocenters. The fourth-order valence-corrected chi connectivity index (χ4v) is 5.68. The fourth-order valence-electron chi connectivity index (χ4n) is 3.82. The molecule has 1 saturated carbocycles. The highest BCUT2D eigenvalue weighted by Gasteiger charge is 2.23. The van der Waals surface area contributed by atoms with Crippen molar-refractivity contribution in [2.24, 2.45) is 5.92 Å². The van der Waals surface area contributed by atoms with E-state index >= 15 is 0 Å². The molecule has 142 valence electrons. The van der Waals surface area contributed by atoms with E-state index in [0.29, 0.717) is 0 Å². The number of halogens is 3. The van der Waals surface area contributed by atoms with Gasteiger partial charge in [0.15, 0.2) is 0 Å². The summed E-state index contributed by atoms with van der Waals surface area (Å²) in [5.41, 5.74) is 1.48. The average Bonchev–Trinajstić information content (AvgIpc) is 2.59. The minimum absolute atomic E-state index is 0.739. The molecule has 0 N–H and O–H groups in total. The molecular formula is C20H31Cl3OSi. The van der Waals surface area contributed by atoms with Gasteiger partial charge in [0, 0.05) is 0 Å². The van der Waals surface area contributed by atoms with Crippen molar-refractivity contribution in [2.75, 3.05) is 6.61 Å². The van der Waals surface area contributed by atoms with Crippen LogP contribution in [0.4, 0.5) is 0 Å². The molecular weight excluding hydrogens is 391 g/mol. The van der Waals surface area contributed by atoms with Gasteiger partial charge in [-0.15, -0.1) is 33.2 Å². The first-order chi connectivity index (χ1) is 12.0. The first-order valence-corrected chi connectivity index (χ1v) is 15.0. The van der Waals surface area contributed by atoms with E-state index in [0.717, 1.165) is 49.5 Å². The molecule has 1 fully saturated rings. The molecule has 25 heavy (non-hydrogen) atoms. The van der Waals surface area contributed by atoms with Gasteiger partial charge in [-0.3, -0.25) is 0 Å². The van der Waals surface area contributed by atoms with Crippen molar-refractivity contribution in [3.05, 3.63) is 29.8 Å². The second kappa shape index (κ2) is 11.1. The predicted octanol–water partition coefficient (Wildman–Crippen LogP) is 7.96. The van der Waals surface area contributed by atoms with Crippen LogP contribution in [0.15, 0.2) is 24.3 Å². The topological polar surface area (TPSA) is 9.23 Å². The zero-order chi connectivity index (χ0) is 18.1. The molecule has 0 spiro atoms. The number of ether oxygens (including phenoxy) is 1. The Hall–Kier alpha value is 0.107. The molecule has 0 unspecified atom stereocenters. The van der Waals surface area contributed by atoms with Gasteiger partial charge in [-0.2, -0.15) is 0 Å². The number of unbranched alkanes of at least 4 members (excludes halogenated alkanes) is 2. The third-order valence-electron chi connectivity index (χ3n) is 5.27. The molecule has 2 rings (SSSR count). The summed E-state index contributed by atoms with van der Waals surface area (Å²) in [6, 6.07) is 7.08. The molecule has 0 amide bonds. The molecule has 1 aromatic rings. The van der Waals surface area contributed by atoms with Crippen LogP contribution in [0.1, 0.15) is 76.2 Å². The summed E-state index contributed by atoms with van der Waals surface area (Å²) in [6.07, 6.45) is 11.3. The Bertz CT molecular complexity index is 479. The van der Waals surface area contributed by atoms with Crippen LogP contribution in [0.2, 0.25) is 6.04 Å². The van der Waals surface area contributed by atoms with Crippen molar-refractivity contribution in [1.29, 1.82) is 0 Å². The number of benzene rings is 1. The van der Waals surface area contributed by atoms with E-state index in [1.807, 2.05) is 0 Å². The van der Waals surface area contributed by atoms with Gasteiger partial charge < -0.3 is 4.74 Å². The summed E-state index contributed by atoms with van der Waals surface area (Å²) in [5.74, 6) is 2.68. The Morgan fingerprint density at radius 1 is 0.960 bits per heavy atom. The lowest BCUT2D eigenvalue weighted by atomic mass is 9.77. The molecule has 0 bridgehead atoms. The highest BCUT2D eigenvalue weighted by molar-refractivity contribution is 7.64. The van der Waals surface area contributed by atoms with Crippen molar-refractivity contribution < 1.29 is 4.74 Å². The molecule has 1 aromatic carbocycles. The van der Waals surface area contributed by atoms with E-state index in [1.54, 1.807) is 0 Å². The molecule has 0 heterocycles. The van der Waals surface area contributed by atoms with Gasteiger partial charge in [0.1, 0.15) is 5.75 Å². The highest BCUT2D eigenvalue weighted by atomic mass is 35.8. The summed E-state index contributed by atoms with van der Waals surface area (Å²) in [7, 11) is 0. The molecule has 0 aliphatic heterocycles. The molecule has 1 nitrogen and oxygen atoms in total. The van der Waals surface area contributed by atoms with Crippen LogP contribution in [-0.2, 0) is 0 Å². The smallest absolute Gasteiger partial charge is 0.341 e. The van der Waals surface area contributed by atoms with E-state index in [2.05, 4.69) is 31.2 Å². The summed E-state index contributed by atoms with van der Waals surface area (Å²) in [4.78, 5) is 0. The normalized spacial score (nSPS) is 21.3. The van der Waals surface area contributed by atoms with Crippen molar-refractivity contribution in [3.8, 4) is 5.75 Å². The van der Waals surface area contributed by atoms with Crippen LogP contribution < -0.4 is 4.74 Å². The fraction of sp³-hybridized carbons (Fsp3) is 0.700. The van der Waals surface area contributed by atoms with Crippen molar-refractivity contribution in [1.82, 2.24) is 0 Å². The molecule has 1 aliphatic rings. The second-order valence-electron chi connectivity index (χ2n) is 7.35. The summed E-state index contributed by atoms with van der Waals surface area (Å²) in [5, 5.41) is 0. The molecule has 0 radical (unpaired) electrons. The van der Waals surface area contributed by atoms with E-state index < -0.39 is 6.00 Å². The van der Waals surface area contributed by atoms with Crippen molar-refractivity contribution in [2.45, 2.75) is 76.7 Å². The molecule has 0 aromatic heterocycles. The third kappa shape index (κ3) is 8.56. The maximum Gasteiger partial charge on any atom is 0.341 e. The van der Waals surface area contributed by atoms with Crippen LogP contribution in [0.25, 0.3) is 0 Å². The van der Waals surface area contributed by atoms with Crippen molar-refractivity contribution >= 4 is 39.2 Å². The Morgan fingerprint density at radius 3 is 2.24 bits per heavy atom. The number of hydrogen-bond acceptors (Lipinski definition) is 1. The Kier molecular flexibility index (Phi) is 9.47. The largest absolute Gasteiger partial charge is 0.494 e. The zero-order valence-corrected chi connectivity index (χ0v) is 18.6. The van der Waals surface area contributed by atoms with Gasteiger partial charge in [-0.05, 0) is 67.7 Å². The zero-order valence-electron chi connectivity index (χ0n) is 15.3. The van der Waals surface area contributed by atoms with Crippen LogP contribution >= 0.6 is 33.2 Å². The van der Waals surface area contributed by atoms with Gasteiger partial charge in [0.2, 0.25) is 0 Å². The highest BCUT2D eigenvalue weighted by Crippen LogP contribution is 2.37. The number of hydrogen-bond donors (Lipinski definition) is 0. The Labute approximate surface area is 168 Å². The van der Waals surface area contributed by atoms with Crippen molar-refractivity contribution in [3.63, 3.8) is 0 Å². The van der Waals surface area contributed by atoms with Crippen LogP contribution in [-0.4, -0.2) is 12.6 Å². The summed E-state index contributed by atoms with van der Waals surface area (Å²) < 4.78 is 5.84. The standard InChI is InChI=1S/C20H31Cl3OSi/c1-2-6-17-7-9-18(10-8-17)19-11-13-20(14-12-19)24-15-4-3-5-16-25(21,22)23/h11-14,17-18H,2-10,15-16H2,1H3/t17-,18-. The third-order valence-corrected chi connectivity index (χ3v) is 7.89. The lowest BCUT2D eigenvalue weighted by molar-refractivity contribution is 0.303. The maximum absolute atomic E-state index is 5.88. The maximum atomic E-state index is 5.88. The minimum Gasteiger partial charge on any atom is -0.494 e. The monoisotopic (exact) mass is 420 g/mol. The SMILES string of the molecule is CCC[C@H]1CC[C@H](c2ccc(OCCCCC[Si](Cl)(Cl)Cl)cc2)CC1. The first kappa shape index (κ1) is 21.4.